The van der Waals surface area contributed by atoms with Gasteiger partial charge in [-0.25, -0.2) is 18.2 Å². The number of nitrogens with two attached hydrogens (primary N) is 3. The van der Waals surface area contributed by atoms with Crippen molar-refractivity contribution < 1.29 is 23.5 Å². The van der Waals surface area contributed by atoms with Gasteiger partial charge in [-0.15, -0.1) is 6.58 Å². The first-order valence-corrected chi connectivity index (χ1v) is 11.6. The van der Waals surface area contributed by atoms with Crippen LogP contribution < -0.4 is 16.6 Å². The van der Waals surface area contributed by atoms with Gasteiger partial charge in [0.25, 0.3) is 10.5 Å². The lowest BCUT2D eigenvalue weighted by atomic mass is 10.1. The SMILES string of the molecule is C.C=CC.NC(=O)S.NC(=O)S.NS(=O)(=O)c1ccccc1-n1nccc1-c1ccc(Cl)cc1.O. The molecule has 0 aliphatic rings. The van der Waals surface area contributed by atoms with Gasteiger partial charge in [-0.1, -0.05) is 74.6 Å². The Balaban J connectivity index is -0.000000673. The quantitative estimate of drug-likeness (QED) is 0.238. The highest BCUT2D eigenvalue weighted by atomic mass is 35.5. The molecule has 0 bridgehead atoms. The minimum absolute atomic E-state index is 0. The Labute approximate surface area is 221 Å². The lowest BCUT2D eigenvalue weighted by Crippen LogP contribution is -2.16. The van der Waals surface area contributed by atoms with Gasteiger partial charge in [-0.05, 0) is 37.3 Å². The number of halogens is 1. The van der Waals surface area contributed by atoms with Crippen LogP contribution in [0.5, 0.6) is 0 Å². The second-order valence-corrected chi connectivity index (χ2v) is 8.58. The number of primary amides is 2. The number of nitrogens with zero attached hydrogens (tertiary/aromatic N) is 2. The smallest absolute Gasteiger partial charge is 0.273 e. The van der Waals surface area contributed by atoms with Gasteiger partial charge in [-0.2, -0.15) is 5.10 Å². The highest BCUT2D eigenvalue weighted by molar-refractivity contribution is 7.96. The Morgan fingerprint density at radius 3 is 1.89 bits per heavy atom. The standard InChI is InChI=1S/C15H12ClN3O2S.C3H6.2CH3NOS.CH4.H2O/c16-12-7-5-11(6-8-12)13-9-10-18-19(13)14-3-1-2-4-15(14)22(17,20)21;1-3-2;2*2-1(3)4;;/h1-10H,(H2,17,20,21);3H,1H2,2H3;2*(H3,2,3,4);1H4;1H2. The molecule has 0 aliphatic heterocycles. The lowest BCUT2D eigenvalue weighted by Gasteiger charge is -2.11. The molecule has 1 heterocycles. The van der Waals surface area contributed by atoms with E-state index in [9.17, 15) is 8.42 Å². The normalized spacial score (nSPS) is 9.06. The molecule has 0 saturated heterocycles. The van der Waals surface area contributed by atoms with Crippen LogP contribution in [0.1, 0.15) is 14.4 Å². The van der Waals surface area contributed by atoms with Crippen LogP contribution >= 0.6 is 36.9 Å². The summed E-state index contributed by atoms with van der Waals surface area (Å²) in [5.74, 6) is 0. The van der Waals surface area contributed by atoms with Crippen molar-refractivity contribution in [3.8, 4) is 16.9 Å². The molecule has 0 radical (unpaired) electrons. The maximum atomic E-state index is 11.8. The largest absolute Gasteiger partial charge is 0.412 e. The first-order chi connectivity index (χ1) is 15.3. The number of sulfonamides is 1. The summed E-state index contributed by atoms with van der Waals surface area (Å²) >= 11 is 12.1. The predicted molar refractivity (Wildman–Crippen MR) is 149 cm³/mol. The predicted octanol–water partition coefficient (Wildman–Crippen LogP) is 3.83. The third-order valence-electron chi connectivity index (χ3n) is 3.18. The molecule has 0 aliphatic carbocycles. The van der Waals surface area contributed by atoms with E-state index in [0.717, 1.165) is 11.3 Å². The molecule has 10 nitrogen and oxygen atoms in total. The first-order valence-electron chi connectivity index (χ1n) is 8.81. The fourth-order valence-corrected chi connectivity index (χ4v) is 3.05. The molecular weight excluding hydrogens is 534 g/mol. The number of amides is 2. The molecule has 35 heavy (non-hydrogen) atoms. The second-order valence-electron chi connectivity index (χ2n) is 5.73. The maximum absolute atomic E-state index is 11.8. The average Bonchev–Trinajstić information content (AvgIpc) is 3.17. The van der Waals surface area contributed by atoms with E-state index in [1.54, 1.807) is 53.4 Å². The van der Waals surface area contributed by atoms with Crippen molar-refractivity contribution in [2.24, 2.45) is 16.6 Å². The monoisotopic (exact) mass is 563 g/mol. The van der Waals surface area contributed by atoms with Gasteiger partial charge in [-0.3, -0.25) is 9.59 Å². The number of carbonyl (C=O) groups is 2. The summed E-state index contributed by atoms with van der Waals surface area (Å²) in [6.07, 6.45) is 3.35. The van der Waals surface area contributed by atoms with Gasteiger partial charge in [0, 0.05) is 10.6 Å². The summed E-state index contributed by atoms with van der Waals surface area (Å²) in [5.41, 5.74) is 10.7. The summed E-state index contributed by atoms with van der Waals surface area (Å²) in [4.78, 5) is 18.2. The zero-order valence-electron chi connectivity index (χ0n) is 18.0. The molecule has 2 aromatic carbocycles. The van der Waals surface area contributed by atoms with Gasteiger partial charge in [0.15, 0.2) is 0 Å². The molecular formula is C21H30ClN5O5S3. The number of benzene rings is 2. The zero-order valence-corrected chi connectivity index (χ0v) is 21.4. The molecule has 2 amide bonds. The van der Waals surface area contributed by atoms with Crippen molar-refractivity contribution in [3.05, 3.63) is 78.5 Å². The Morgan fingerprint density at radius 2 is 1.46 bits per heavy atom. The molecule has 8 N–H and O–H groups in total. The second kappa shape index (κ2) is 18.5. The summed E-state index contributed by atoms with van der Waals surface area (Å²) in [7, 11) is -3.85. The lowest BCUT2D eigenvalue weighted by molar-refractivity contribution is 0.266. The van der Waals surface area contributed by atoms with Crippen LogP contribution in [0.25, 0.3) is 16.9 Å². The van der Waals surface area contributed by atoms with Crippen molar-refractivity contribution in [3.63, 3.8) is 0 Å². The fourth-order valence-electron chi connectivity index (χ4n) is 2.21. The summed E-state index contributed by atoms with van der Waals surface area (Å²) in [5, 5.41) is 8.86. The highest BCUT2D eigenvalue weighted by Gasteiger charge is 2.17. The Bertz CT molecular complexity index is 1150. The highest BCUT2D eigenvalue weighted by Crippen LogP contribution is 2.26. The van der Waals surface area contributed by atoms with Gasteiger partial charge >= 0.3 is 0 Å². The minimum atomic E-state index is -3.85. The molecule has 0 atom stereocenters. The summed E-state index contributed by atoms with van der Waals surface area (Å²) in [6, 6.07) is 15.5. The number of primary sulfonamides is 1. The number of rotatable bonds is 3. The summed E-state index contributed by atoms with van der Waals surface area (Å²) in [6.45, 7) is 5.25. The topological polar surface area (TPSA) is 196 Å². The van der Waals surface area contributed by atoms with Crippen LogP contribution in [0, 0.1) is 0 Å². The van der Waals surface area contributed by atoms with Crippen molar-refractivity contribution in [2.45, 2.75) is 19.2 Å². The zero-order chi connectivity index (χ0) is 25.6. The molecule has 194 valence electrons. The number of hydrogen-bond acceptors (Lipinski definition) is 5. The average molecular weight is 564 g/mol. The van der Waals surface area contributed by atoms with E-state index < -0.39 is 20.5 Å². The number of carbonyl (C=O) groups excluding carboxylic acids is 2. The van der Waals surface area contributed by atoms with Crippen LogP contribution in [-0.2, 0) is 10.0 Å². The third kappa shape index (κ3) is 14.9. The Hall–Kier alpha value is -2.81. The fraction of sp³-hybridized carbons (Fsp3) is 0.0952. The molecule has 0 fully saturated rings. The summed E-state index contributed by atoms with van der Waals surface area (Å²) < 4.78 is 25.1. The van der Waals surface area contributed by atoms with E-state index in [1.165, 1.54) is 6.07 Å². The maximum Gasteiger partial charge on any atom is 0.273 e. The van der Waals surface area contributed by atoms with E-state index in [2.05, 4.69) is 48.4 Å². The Kier molecular flexibility index (Phi) is 19.4. The van der Waals surface area contributed by atoms with E-state index in [0.29, 0.717) is 10.7 Å². The van der Waals surface area contributed by atoms with E-state index in [1.807, 2.05) is 19.1 Å². The van der Waals surface area contributed by atoms with Crippen molar-refractivity contribution in [1.82, 2.24) is 9.78 Å². The van der Waals surface area contributed by atoms with Crippen LogP contribution in [0.4, 0.5) is 9.59 Å². The van der Waals surface area contributed by atoms with Crippen LogP contribution in [0.2, 0.25) is 5.02 Å². The third-order valence-corrected chi connectivity index (χ3v) is 4.39. The van der Waals surface area contributed by atoms with Crippen molar-refractivity contribution >= 4 is 57.4 Å². The number of para-hydroxylation sites is 1. The molecule has 0 unspecified atom stereocenters. The number of aromatic nitrogens is 2. The van der Waals surface area contributed by atoms with E-state index in [4.69, 9.17) is 26.3 Å². The molecule has 0 saturated carbocycles. The van der Waals surface area contributed by atoms with Crippen LogP contribution in [0.15, 0.2) is 78.3 Å². The van der Waals surface area contributed by atoms with E-state index >= 15 is 0 Å². The molecule has 0 spiro atoms. The molecule has 1 aromatic heterocycles. The molecule has 3 aromatic rings. The number of allylic oxidation sites excluding steroid dienone is 1. The first kappa shape index (κ1) is 36.8. The van der Waals surface area contributed by atoms with Gasteiger partial charge in [0.2, 0.25) is 10.0 Å². The van der Waals surface area contributed by atoms with Gasteiger partial charge in [0.1, 0.15) is 4.90 Å². The molecule has 3 rings (SSSR count). The van der Waals surface area contributed by atoms with E-state index in [-0.39, 0.29) is 17.8 Å². The number of hydrogen-bond donors (Lipinski definition) is 5. The molecule has 14 heteroatoms. The Morgan fingerprint density at radius 1 is 1.03 bits per heavy atom. The minimum Gasteiger partial charge on any atom is -0.412 e. The van der Waals surface area contributed by atoms with Gasteiger partial charge in [0.05, 0.1) is 17.6 Å². The van der Waals surface area contributed by atoms with Crippen molar-refractivity contribution in [2.75, 3.05) is 0 Å². The van der Waals surface area contributed by atoms with Crippen molar-refractivity contribution in [1.29, 1.82) is 0 Å². The van der Waals surface area contributed by atoms with Crippen LogP contribution in [-0.4, -0.2) is 34.2 Å². The van der Waals surface area contributed by atoms with Gasteiger partial charge < -0.3 is 16.9 Å². The van der Waals surface area contributed by atoms with Crippen LogP contribution in [0.3, 0.4) is 0 Å². The number of thiol groups is 2.